The predicted molar refractivity (Wildman–Crippen MR) is 64.5 cm³/mol. The molecule has 1 aromatic rings. The molecule has 1 rings (SSSR count). The minimum Gasteiger partial charge on any atom is -0.465 e. The number of carbonyl (C=O) groups excluding carboxylic acids is 1. The third-order valence-corrected chi connectivity index (χ3v) is 2.42. The number of carbonyl (C=O) groups is 1. The largest absolute Gasteiger partial charge is 0.465 e. The van der Waals surface area contributed by atoms with Crippen molar-refractivity contribution in [3.8, 4) is 0 Å². The Balaban J connectivity index is 2.61. The van der Waals surface area contributed by atoms with Crippen molar-refractivity contribution in [2.75, 3.05) is 19.4 Å². The summed E-state index contributed by atoms with van der Waals surface area (Å²) in [7, 11) is 1.29. The van der Waals surface area contributed by atoms with Crippen LogP contribution in [0.3, 0.4) is 0 Å². The predicted octanol–water partition coefficient (Wildman–Crippen LogP) is 1.80. The van der Waals surface area contributed by atoms with Gasteiger partial charge in [-0.1, -0.05) is 0 Å². The summed E-state index contributed by atoms with van der Waals surface area (Å²) in [5, 5.41) is 2.85. The van der Waals surface area contributed by atoms with Crippen LogP contribution >= 0.6 is 0 Å². The lowest BCUT2D eigenvalue weighted by Gasteiger charge is -2.09. The van der Waals surface area contributed by atoms with Gasteiger partial charge in [-0.05, 0) is 23.8 Å². The van der Waals surface area contributed by atoms with E-state index in [1.54, 1.807) is 18.2 Å². The number of rotatable bonds is 6. The molecule has 100 valence electrons. The quantitative estimate of drug-likeness (QED) is 0.464. The Bertz CT molecular complexity index is 411. The molecule has 18 heavy (non-hydrogen) atoms. The van der Waals surface area contributed by atoms with Crippen LogP contribution in [-0.2, 0) is 11.3 Å². The number of ether oxygens (including phenoxy) is 1. The molecule has 0 saturated carbocycles. The van der Waals surface area contributed by atoms with Crippen LogP contribution in [0.2, 0.25) is 0 Å². The van der Waals surface area contributed by atoms with Gasteiger partial charge in [0.2, 0.25) is 6.43 Å². The molecule has 0 aromatic heterocycles. The van der Waals surface area contributed by atoms with Crippen LogP contribution in [0.15, 0.2) is 18.2 Å². The zero-order valence-corrected chi connectivity index (χ0v) is 10.1. The van der Waals surface area contributed by atoms with Gasteiger partial charge in [-0.15, -0.1) is 0 Å². The smallest absolute Gasteiger partial charge is 0.337 e. The highest BCUT2D eigenvalue weighted by molar-refractivity contribution is 5.90. The van der Waals surface area contributed by atoms with Gasteiger partial charge >= 0.3 is 5.97 Å². The number of alkyl halides is 2. The number of halogens is 2. The number of nitrogens with one attached hydrogen (secondary N) is 1. The lowest BCUT2D eigenvalue weighted by atomic mass is 10.1. The number of esters is 1. The SMILES string of the molecule is COC(=O)c1ccc(N)c(CNCCC(F)F)c1. The maximum atomic E-state index is 11.9. The van der Waals surface area contributed by atoms with Gasteiger partial charge in [-0.2, -0.15) is 0 Å². The van der Waals surface area contributed by atoms with Crippen LogP contribution in [0, 0.1) is 0 Å². The second kappa shape index (κ2) is 6.90. The molecule has 0 radical (unpaired) electrons. The molecule has 0 unspecified atom stereocenters. The van der Waals surface area contributed by atoms with E-state index in [4.69, 9.17) is 5.73 Å². The summed E-state index contributed by atoms with van der Waals surface area (Å²) in [4.78, 5) is 11.3. The molecule has 0 fully saturated rings. The Kier molecular flexibility index (Phi) is 5.51. The lowest BCUT2D eigenvalue weighted by Crippen LogP contribution is -2.18. The van der Waals surface area contributed by atoms with E-state index in [0.717, 1.165) is 0 Å². The second-order valence-corrected chi connectivity index (χ2v) is 3.76. The van der Waals surface area contributed by atoms with Crippen molar-refractivity contribution >= 4 is 11.7 Å². The molecule has 0 saturated heterocycles. The highest BCUT2D eigenvalue weighted by atomic mass is 19.3. The number of nitrogens with two attached hydrogens (primary N) is 1. The molecule has 6 heteroatoms. The summed E-state index contributed by atoms with van der Waals surface area (Å²) in [6.45, 7) is 0.531. The second-order valence-electron chi connectivity index (χ2n) is 3.76. The Morgan fingerprint density at radius 1 is 1.50 bits per heavy atom. The average Bonchev–Trinajstić information content (AvgIpc) is 2.35. The van der Waals surface area contributed by atoms with Crippen molar-refractivity contribution in [3.63, 3.8) is 0 Å². The Hall–Kier alpha value is -1.69. The zero-order chi connectivity index (χ0) is 13.5. The number of benzene rings is 1. The topological polar surface area (TPSA) is 64.3 Å². The molecule has 0 spiro atoms. The van der Waals surface area contributed by atoms with Crippen molar-refractivity contribution in [1.82, 2.24) is 5.32 Å². The van der Waals surface area contributed by atoms with Crippen molar-refractivity contribution in [2.24, 2.45) is 0 Å². The summed E-state index contributed by atoms with van der Waals surface area (Å²) >= 11 is 0. The van der Waals surface area contributed by atoms with Gasteiger partial charge in [-0.25, -0.2) is 13.6 Å². The first-order valence-electron chi connectivity index (χ1n) is 5.50. The summed E-state index contributed by atoms with van der Waals surface area (Å²) in [5.74, 6) is -0.455. The maximum absolute atomic E-state index is 11.9. The first kappa shape index (κ1) is 14.4. The Morgan fingerprint density at radius 2 is 2.22 bits per heavy atom. The molecule has 0 heterocycles. The fraction of sp³-hybridized carbons (Fsp3) is 0.417. The van der Waals surface area contributed by atoms with Crippen LogP contribution in [0.1, 0.15) is 22.3 Å². The lowest BCUT2D eigenvalue weighted by molar-refractivity contribution is 0.0600. The number of methoxy groups -OCH3 is 1. The Labute approximate surface area is 104 Å². The van der Waals surface area contributed by atoms with Gasteiger partial charge in [0, 0.05) is 25.2 Å². The average molecular weight is 258 g/mol. The summed E-state index contributed by atoms with van der Waals surface area (Å²) < 4.78 is 28.4. The van der Waals surface area contributed by atoms with Crippen LogP contribution in [0.4, 0.5) is 14.5 Å². The molecule has 0 bridgehead atoms. The number of hydrogen-bond acceptors (Lipinski definition) is 4. The first-order valence-corrected chi connectivity index (χ1v) is 5.50. The molecule has 3 N–H and O–H groups in total. The fourth-order valence-corrected chi connectivity index (χ4v) is 1.44. The third kappa shape index (κ3) is 4.29. The van der Waals surface area contributed by atoms with E-state index in [-0.39, 0.29) is 13.0 Å². The van der Waals surface area contributed by atoms with Gasteiger partial charge in [-0.3, -0.25) is 0 Å². The van der Waals surface area contributed by atoms with Crippen molar-refractivity contribution < 1.29 is 18.3 Å². The molecule has 0 atom stereocenters. The number of nitrogen functional groups attached to an aromatic ring is 1. The molecule has 0 aliphatic carbocycles. The molecule has 0 aliphatic rings. The van der Waals surface area contributed by atoms with E-state index in [9.17, 15) is 13.6 Å². The first-order chi connectivity index (χ1) is 8.54. The molecular weight excluding hydrogens is 242 g/mol. The molecule has 1 aromatic carbocycles. The summed E-state index contributed by atoms with van der Waals surface area (Å²) in [6.07, 6.45) is -2.53. The highest BCUT2D eigenvalue weighted by Gasteiger charge is 2.08. The van der Waals surface area contributed by atoms with Gasteiger partial charge in [0.15, 0.2) is 0 Å². The van der Waals surface area contributed by atoms with Gasteiger partial charge in [0.1, 0.15) is 0 Å². The van der Waals surface area contributed by atoms with E-state index in [2.05, 4.69) is 10.1 Å². The monoisotopic (exact) mass is 258 g/mol. The van der Waals surface area contributed by atoms with E-state index in [0.29, 0.717) is 23.4 Å². The fourth-order valence-electron chi connectivity index (χ4n) is 1.44. The van der Waals surface area contributed by atoms with Crippen molar-refractivity contribution in [3.05, 3.63) is 29.3 Å². The van der Waals surface area contributed by atoms with Gasteiger partial charge in [0.05, 0.1) is 12.7 Å². The van der Waals surface area contributed by atoms with Crippen molar-refractivity contribution in [2.45, 2.75) is 19.4 Å². The van der Waals surface area contributed by atoms with Crippen molar-refractivity contribution in [1.29, 1.82) is 0 Å². The molecule has 4 nitrogen and oxygen atoms in total. The summed E-state index contributed by atoms with van der Waals surface area (Å²) in [6, 6.07) is 4.75. The Morgan fingerprint density at radius 3 is 2.83 bits per heavy atom. The van der Waals surface area contributed by atoms with E-state index in [1.165, 1.54) is 7.11 Å². The third-order valence-electron chi connectivity index (χ3n) is 2.42. The van der Waals surface area contributed by atoms with Crippen LogP contribution in [0.25, 0.3) is 0 Å². The van der Waals surface area contributed by atoms with E-state index >= 15 is 0 Å². The molecule has 0 aliphatic heterocycles. The van der Waals surface area contributed by atoms with Crippen LogP contribution in [-0.4, -0.2) is 26.0 Å². The highest BCUT2D eigenvalue weighted by Crippen LogP contribution is 2.14. The zero-order valence-electron chi connectivity index (χ0n) is 10.1. The maximum Gasteiger partial charge on any atom is 0.337 e. The number of hydrogen-bond donors (Lipinski definition) is 2. The van der Waals surface area contributed by atoms with Gasteiger partial charge < -0.3 is 15.8 Å². The summed E-state index contributed by atoms with van der Waals surface area (Å²) in [5.41, 5.74) is 7.31. The minimum absolute atomic E-state index is 0.194. The number of anilines is 1. The molecular formula is C12H16F2N2O2. The van der Waals surface area contributed by atoms with Gasteiger partial charge in [0.25, 0.3) is 0 Å². The normalized spacial score (nSPS) is 10.7. The van der Waals surface area contributed by atoms with Crippen LogP contribution in [0.5, 0.6) is 0 Å². The van der Waals surface area contributed by atoms with E-state index in [1.807, 2.05) is 0 Å². The minimum atomic E-state index is -2.32. The standard InChI is InChI=1S/C12H16F2N2O2/c1-18-12(17)8-2-3-10(15)9(6-8)7-16-5-4-11(13)14/h2-3,6,11,16H,4-5,7,15H2,1H3. The van der Waals surface area contributed by atoms with E-state index < -0.39 is 12.4 Å². The molecule has 0 amide bonds. The van der Waals surface area contributed by atoms with Crippen LogP contribution < -0.4 is 11.1 Å².